The van der Waals surface area contributed by atoms with Gasteiger partial charge in [-0.2, -0.15) is 0 Å². The van der Waals surface area contributed by atoms with E-state index in [1.807, 2.05) is 12.1 Å². The smallest absolute Gasteiger partial charge is 0.317 e. The van der Waals surface area contributed by atoms with Gasteiger partial charge in [-0.1, -0.05) is 0 Å². The van der Waals surface area contributed by atoms with Gasteiger partial charge in [0.05, 0.1) is 5.52 Å². The highest BCUT2D eigenvalue weighted by Crippen LogP contribution is 2.24. The molecule has 3 rings (SSSR count). The molecule has 0 atom stereocenters. The number of fused-ring (bicyclic) bond motifs is 1. The van der Waals surface area contributed by atoms with E-state index in [1.165, 1.54) is 0 Å². The van der Waals surface area contributed by atoms with Gasteiger partial charge in [0, 0.05) is 11.6 Å². The maximum Gasteiger partial charge on any atom is 0.325 e. The molecule has 100 valence electrons. The van der Waals surface area contributed by atoms with Crippen LogP contribution < -0.4 is 11.0 Å². The minimum absolute atomic E-state index is 0. The summed E-state index contributed by atoms with van der Waals surface area (Å²) in [6.07, 6.45) is 2.24. The largest absolute Gasteiger partial charge is 0.325 e. The molecule has 0 saturated carbocycles. The SMILES string of the molecule is Cl.Cl.O=c1[nH]c2ccc(C3CCNCC3)nc2[nH]1. The monoisotopic (exact) mass is 290 g/mol. The standard InChI is InChI=1S/C11H14N4O.2ClH/c16-11-14-9-2-1-8(13-10(9)15-11)7-3-5-12-6-4-7;;/h1-2,7,12H,3-6H2,(H2,13,14,15,16);2*1H. The lowest BCUT2D eigenvalue weighted by atomic mass is 9.94. The number of aromatic nitrogens is 3. The Morgan fingerprint density at radius 2 is 1.83 bits per heavy atom. The van der Waals surface area contributed by atoms with Gasteiger partial charge in [-0.05, 0) is 38.1 Å². The summed E-state index contributed by atoms with van der Waals surface area (Å²) in [7, 11) is 0. The van der Waals surface area contributed by atoms with Gasteiger partial charge >= 0.3 is 5.69 Å². The van der Waals surface area contributed by atoms with Gasteiger partial charge in [0.2, 0.25) is 0 Å². The number of rotatable bonds is 1. The van der Waals surface area contributed by atoms with E-state index >= 15 is 0 Å². The van der Waals surface area contributed by atoms with Crippen molar-refractivity contribution in [3.63, 3.8) is 0 Å². The van der Waals surface area contributed by atoms with Crippen LogP contribution >= 0.6 is 24.8 Å². The number of piperidine rings is 1. The van der Waals surface area contributed by atoms with Gasteiger partial charge in [0.1, 0.15) is 0 Å². The number of hydrogen-bond donors (Lipinski definition) is 3. The topological polar surface area (TPSA) is 73.6 Å². The third-order valence-electron chi connectivity index (χ3n) is 3.15. The van der Waals surface area contributed by atoms with Gasteiger partial charge in [-0.3, -0.25) is 4.98 Å². The maximum atomic E-state index is 11.1. The molecule has 0 aliphatic carbocycles. The molecular weight excluding hydrogens is 275 g/mol. The highest BCUT2D eigenvalue weighted by Gasteiger charge is 2.16. The van der Waals surface area contributed by atoms with Crippen LogP contribution in [0.2, 0.25) is 0 Å². The number of H-pyrrole nitrogens is 2. The summed E-state index contributed by atoms with van der Waals surface area (Å²) in [6.45, 7) is 2.10. The first-order valence-electron chi connectivity index (χ1n) is 5.62. The van der Waals surface area contributed by atoms with Crippen LogP contribution in [0.5, 0.6) is 0 Å². The van der Waals surface area contributed by atoms with Crippen LogP contribution in [0.15, 0.2) is 16.9 Å². The molecule has 0 radical (unpaired) electrons. The average Bonchev–Trinajstić information content (AvgIpc) is 2.69. The van der Waals surface area contributed by atoms with Crippen LogP contribution in [0.3, 0.4) is 0 Å². The Hall–Kier alpha value is -1.04. The molecule has 3 N–H and O–H groups in total. The Morgan fingerprint density at radius 1 is 1.11 bits per heavy atom. The van der Waals surface area contributed by atoms with Crippen molar-refractivity contribution in [3.05, 3.63) is 28.3 Å². The molecule has 18 heavy (non-hydrogen) atoms. The Kier molecular flexibility index (Phi) is 5.19. The molecule has 2 aromatic rings. The molecule has 0 aromatic carbocycles. The molecule has 0 amide bonds. The zero-order chi connectivity index (χ0) is 11.0. The fraction of sp³-hybridized carbons (Fsp3) is 0.455. The quantitative estimate of drug-likeness (QED) is 0.746. The lowest BCUT2D eigenvalue weighted by Gasteiger charge is -2.21. The molecule has 1 fully saturated rings. The molecule has 7 heteroatoms. The maximum absolute atomic E-state index is 11.1. The Bertz CT molecular complexity index is 559. The molecule has 2 aromatic heterocycles. The van der Waals surface area contributed by atoms with E-state index in [9.17, 15) is 4.79 Å². The van der Waals surface area contributed by atoms with Crippen LogP contribution in [0.4, 0.5) is 0 Å². The lowest BCUT2D eigenvalue weighted by Crippen LogP contribution is -2.27. The first-order valence-corrected chi connectivity index (χ1v) is 5.62. The fourth-order valence-corrected chi connectivity index (χ4v) is 2.28. The van der Waals surface area contributed by atoms with Gasteiger partial charge in [0.15, 0.2) is 5.65 Å². The summed E-state index contributed by atoms with van der Waals surface area (Å²) < 4.78 is 0. The lowest BCUT2D eigenvalue weighted by molar-refractivity contribution is 0.454. The third kappa shape index (κ3) is 2.85. The number of nitrogens with zero attached hydrogens (tertiary/aromatic N) is 1. The Balaban J connectivity index is 0.000000810. The molecule has 0 spiro atoms. The van der Waals surface area contributed by atoms with E-state index in [0.717, 1.165) is 37.1 Å². The molecule has 3 heterocycles. The molecule has 0 bridgehead atoms. The highest BCUT2D eigenvalue weighted by molar-refractivity contribution is 5.85. The fourth-order valence-electron chi connectivity index (χ4n) is 2.28. The van der Waals surface area contributed by atoms with Gasteiger partial charge < -0.3 is 10.3 Å². The number of pyridine rings is 1. The Labute approximate surface area is 117 Å². The van der Waals surface area contributed by atoms with Crippen LogP contribution in [0.25, 0.3) is 11.2 Å². The number of aromatic amines is 2. The van der Waals surface area contributed by atoms with Crippen LogP contribution in [0.1, 0.15) is 24.5 Å². The van der Waals surface area contributed by atoms with Crippen molar-refractivity contribution in [2.24, 2.45) is 0 Å². The van der Waals surface area contributed by atoms with Crippen molar-refractivity contribution in [1.82, 2.24) is 20.3 Å². The van der Waals surface area contributed by atoms with Crippen molar-refractivity contribution < 1.29 is 0 Å². The summed E-state index contributed by atoms with van der Waals surface area (Å²) in [5.74, 6) is 0.518. The van der Waals surface area contributed by atoms with Crippen LogP contribution in [0, 0.1) is 0 Å². The second kappa shape index (κ2) is 6.22. The van der Waals surface area contributed by atoms with E-state index in [4.69, 9.17) is 0 Å². The summed E-state index contributed by atoms with van der Waals surface area (Å²) in [5.41, 5.74) is 2.35. The minimum Gasteiger partial charge on any atom is -0.317 e. The zero-order valence-corrected chi connectivity index (χ0v) is 11.4. The summed E-state index contributed by atoms with van der Waals surface area (Å²) >= 11 is 0. The minimum atomic E-state index is -0.190. The first-order chi connectivity index (χ1) is 7.83. The number of hydrogen-bond acceptors (Lipinski definition) is 3. The molecule has 5 nitrogen and oxygen atoms in total. The van der Waals surface area contributed by atoms with Crippen molar-refractivity contribution in [2.75, 3.05) is 13.1 Å². The van der Waals surface area contributed by atoms with E-state index in [2.05, 4.69) is 20.3 Å². The molecular formula is C11H16Cl2N4O. The Morgan fingerprint density at radius 3 is 2.56 bits per heavy atom. The van der Waals surface area contributed by atoms with Crippen molar-refractivity contribution in [1.29, 1.82) is 0 Å². The van der Waals surface area contributed by atoms with E-state index in [-0.39, 0.29) is 30.5 Å². The van der Waals surface area contributed by atoms with Crippen LogP contribution in [-0.4, -0.2) is 28.0 Å². The summed E-state index contributed by atoms with van der Waals surface area (Å²) in [6, 6.07) is 3.94. The van der Waals surface area contributed by atoms with Gasteiger partial charge in [-0.25, -0.2) is 9.78 Å². The molecule has 1 aliphatic heterocycles. The zero-order valence-electron chi connectivity index (χ0n) is 9.73. The summed E-state index contributed by atoms with van der Waals surface area (Å²) in [4.78, 5) is 21.0. The molecule has 1 aliphatic rings. The number of imidazole rings is 1. The predicted octanol–water partition coefficient (Wildman–Crippen LogP) is 1.56. The van der Waals surface area contributed by atoms with E-state index in [1.54, 1.807) is 0 Å². The van der Waals surface area contributed by atoms with Gasteiger partial charge in [-0.15, -0.1) is 24.8 Å². The van der Waals surface area contributed by atoms with Crippen LogP contribution in [-0.2, 0) is 0 Å². The number of nitrogens with one attached hydrogen (secondary N) is 3. The highest BCUT2D eigenvalue weighted by atomic mass is 35.5. The third-order valence-corrected chi connectivity index (χ3v) is 3.15. The average molecular weight is 291 g/mol. The van der Waals surface area contributed by atoms with E-state index in [0.29, 0.717) is 11.6 Å². The summed E-state index contributed by atoms with van der Waals surface area (Å²) in [5, 5.41) is 3.33. The second-order valence-corrected chi connectivity index (χ2v) is 4.24. The normalized spacial score (nSPS) is 16.0. The van der Waals surface area contributed by atoms with Crippen molar-refractivity contribution in [3.8, 4) is 0 Å². The molecule has 1 saturated heterocycles. The van der Waals surface area contributed by atoms with Crippen molar-refractivity contribution >= 4 is 36.0 Å². The van der Waals surface area contributed by atoms with Crippen molar-refractivity contribution in [2.45, 2.75) is 18.8 Å². The predicted molar refractivity (Wildman–Crippen MR) is 76.1 cm³/mol. The first kappa shape index (κ1) is 15.0. The second-order valence-electron chi connectivity index (χ2n) is 4.24. The molecule has 0 unspecified atom stereocenters. The number of halogens is 2. The van der Waals surface area contributed by atoms with E-state index < -0.39 is 0 Å². The van der Waals surface area contributed by atoms with Gasteiger partial charge in [0.25, 0.3) is 0 Å².